The molecule has 0 radical (unpaired) electrons. The van der Waals surface area contributed by atoms with Gasteiger partial charge in [-0.05, 0) is 6.08 Å². The summed E-state index contributed by atoms with van der Waals surface area (Å²) in [4.78, 5) is 53.3. The molecule has 5 heterocycles. The van der Waals surface area contributed by atoms with E-state index in [1.807, 2.05) is 0 Å². The van der Waals surface area contributed by atoms with E-state index in [-0.39, 0.29) is 42.6 Å². The average molecular weight is 453 g/mol. The molecular weight excluding hydrogens is 432 g/mol. The Hall–Kier alpha value is -1.40. The van der Waals surface area contributed by atoms with Crippen LogP contribution in [0.15, 0.2) is 12.2 Å². The molecule has 2 N–H and O–H groups in total. The number of hydrogen-bond acceptors (Lipinski definition) is 9. The third kappa shape index (κ3) is 1.95. The molecule has 5 saturated heterocycles. The van der Waals surface area contributed by atoms with Crippen molar-refractivity contribution in [3.05, 3.63) is 12.2 Å². The van der Waals surface area contributed by atoms with Crippen LogP contribution in [-0.2, 0) is 23.9 Å². The summed E-state index contributed by atoms with van der Waals surface area (Å²) in [5, 5.41) is 21.5. The van der Waals surface area contributed by atoms with Crippen molar-refractivity contribution in [1.29, 1.82) is 0 Å². The zero-order valence-electron chi connectivity index (χ0n) is 16.0. The fourth-order valence-electron chi connectivity index (χ4n) is 6.29. The van der Waals surface area contributed by atoms with Crippen LogP contribution < -0.4 is 0 Å². The lowest BCUT2D eigenvalue weighted by atomic mass is 9.79. The number of nitrogens with zero attached hydrogens (tertiary/aromatic N) is 2. The number of Topliss-reactive ketones (excluding diaryl/α,β-unsaturated/α-hetero) is 1. The van der Waals surface area contributed by atoms with Gasteiger partial charge < -0.3 is 24.7 Å². The van der Waals surface area contributed by atoms with Crippen LogP contribution >= 0.6 is 21.6 Å². The number of carbonyl (C=O) groups is 4. The highest BCUT2D eigenvalue weighted by molar-refractivity contribution is 8.78. The molecule has 2 bridgehead atoms. The van der Waals surface area contributed by atoms with Gasteiger partial charge in [-0.1, -0.05) is 27.7 Å². The molecule has 11 heteroatoms. The van der Waals surface area contributed by atoms with E-state index < -0.39 is 52.0 Å². The van der Waals surface area contributed by atoms with Crippen molar-refractivity contribution in [2.45, 2.75) is 59.4 Å². The Balaban J connectivity index is 1.49. The van der Waals surface area contributed by atoms with Crippen LogP contribution in [0.2, 0.25) is 0 Å². The van der Waals surface area contributed by atoms with Crippen molar-refractivity contribution in [2.24, 2.45) is 11.8 Å². The number of amides is 2. The molecule has 30 heavy (non-hydrogen) atoms. The van der Waals surface area contributed by atoms with Gasteiger partial charge in [0.25, 0.3) is 11.8 Å². The molecule has 2 aliphatic carbocycles. The van der Waals surface area contributed by atoms with E-state index in [1.54, 1.807) is 0 Å². The quantitative estimate of drug-likeness (QED) is 0.486. The van der Waals surface area contributed by atoms with Gasteiger partial charge in [-0.15, -0.1) is 0 Å². The number of carbonyl (C=O) groups excluding carboxylic acids is 4. The zero-order chi connectivity index (χ0) is 21.2. The highest BCUT2D eigenvalue weighted by Gasteiger charge is 2.79. The van der Waals surface area contributed by atoms with Gasteiger partial charge >= 0.3 is 0 Å². The van der Waals surface area contributed by atoms with Crippen LogP contribution in [0.25, 0.3) is 0 Å². The van der Waals surface area contributed by atoms with Crippen molar-refractivity contribution in [2.75, 3.05) is 7.11 Å². The Morgan fingerprint density at radius 1 is 1.00 bits per heavy atom. The maximum absolute atomic E-state index is 13.9. The SMILES string of the molecule is CO[C@H]1CC(=O)C2CC34SSC5(CC6C(=O)C=C[C@H](O)C6N5C3=O)C(=O)N4C2[C@H]1O. The minimum absolute atomic E-state index is 0.0422. The van der Waals surface area contributed by atoms with Gasteiger partial charge in [0.2, 0.25) is 0 Å². The van der Waals surface area contributed by atoms with Crippen LogP contribution in [0, 0.1) is 11.8 Å². The third-order valence-electron chi connectivity index (χ3n) is 7.64. The molecule has 7 aliphatic rings. The fraction of sp³-hybridized carbons (Fsp3) is 0.684. The van der Waals surface area contributed by atoms with Gasteiger partial charge in [-0.25, -0.2) is 0 Å². The maximum atomic E-state index is 13.9. The van der Waals surface area contributed by atoms with E-state index in [0.717, 1.165) is 0 Å². The van der Waals surface area contributed by atoms with Gasteiger partial charge in [0.1, 0.15) is 11.9 Å². The number of piperazine rings is 1. The first-order valence-corrected chi connectivity index (χ1v) is 12.1. The number of fused-ring (bicyclic) bond motifs is 3. The fourth-order valence-corrected chi connectivity index (χ4v) is 10.1. The first-order chi connectivity index (χ1) is 14.3. The minimum Gasteiger partial charge on any atom is -0.388 e. The topological polar surface area (TPSA) is 124 Å². The molecule has 7 rings (SSSR count). The number of hydrogen-bond donors (Lipinski definition) is 2. The highest BCUT2D eigenvalue weighted by Crippen LogP contribution is 2.69. The Kier molecular flexibility index (Phi) is 3.79. The Labute approximate surface area is 179 Å². The van der Waals surface area contributed by atoms with Gasteiger partial charge in [-0.2, -0.15) is 0 Å². The van der Waals surface area contributed by atoms with E-state index in [2.05, 4.69) is 0 Å². The highest BCUT2D eigenvalue weighted by atomic mass is 33.1. The molecule has 2 amide bonds. The second kappa shape index (κ2) is 5.89. The molecule has 9 nitrogen and oxygen atoms in total. The Morgan fingerprint density at radius 2 is 1.60 bits per heavy atom. The van der Waals surface area contributed by atoms with Crippen molar-refractivity contribution in [3.63, 3.8) is 0 Å². The average Bonchev–Trinajstić information content (AvgIpc) is 3.27. The second-order valence-electron chi connectivity index (χ2n) is 8.88. The molecule has 2 spiro atoms. The van der Waals surface area contributed by atoms with Gasteiger partial charge in [0.05, 0.1) is 24.3 Å². The smallest absolute Gasteiger partial charge is 0.261 e. The van der Waals surface area contributed by atoms with Crippen LogP contribution in [0.1, 0.15) is 19.3 Å². The van der Waals surface area contributed by atoms with Crippen LogP contribution in [0.3, 0.4) is 0 Å². The summed E-state index contributed by atoms with van der Waals surface area (Å²) in [5.41, 5.74) is 0. The summed E-state index contributed by atoms with van der Waals surface area (Å²) in [7, 11) is 3.91. The molecule has 6 unspecified atom stereocenters. The van der Waals surface area contributed by atoms with Crippen molar-refractivity contribution < 1.29 is 34.1 Å². The minimum atomic E-state index is -1.32. The van der Waals surface area contributed by atoms with Crippen molar-refractivity contribution in [3.8, 4) is 0 Å². The summed E-state index contributed by atoms with van der Waals surface area (Å²) in [5.74, 6) is -2.34. The molecule has 9 atom stereocenters. The number of aliphatic hydroxyl groups is 2. The second-order valence-corrected chi connectivity index (χ2v) is 11.6. The zero-order valence-corrected chi connectivity index (χ0v) is 17.6. The predicted molar refractivity (Wildman–Crippen MR) is 105 cm³/mol. The number of ketones is 2. The van der Waals surface area contributed by atoms with E-state index in [9.17, 15) is 29.4 Å². The number of allylic oxidation sites excluding steroid dienone is 1. The predicted octanol–water partition coefficient (Wildman–Crippen LogP) is -0.930. The Morgan fingerprint density at radius 3 is 2.23 bits per heavy atom. The Bertz CT molecular complexity index is 942. The maximum Gasteiger partial charge on any atom is 0.261 e. The summed E-state index contributed by atoms with van der Waals surface area (Å²) in [6.45, 7) is 0. The van der Waals surface area contributed by atoms with E-state index in [0.29, 0.717) is 0 Å². The van der Waals surface area contributed by atoms with Crippen LogP contribution in [0.4, 0.5) is 0 Å². The van der Waals surface area contributed by atoms with E-state index >= 15 is 0 Å². The molecule has 0 aromatic rings. The number of ether oxygens (including phenoxy) is 1. The van der Waals surface area contributed by atoms with Crippen LogP contribution in [0.5, 0.6) is 0 Å². The van der Waals surface area contributed by atoms with Crippen molar-refractivity contribution in [1.82, 2.24) is 9.80 Å². The summed E-state index contributed by atoms with van der Waals surface area (Å²) in [6, 6.07) is -1.62. The molecule has 6 fully saturated rings. The number of aliphatic hydroxyl groups excluding tert-OH is 2. The summed E-state index contributed by atoms with van der Waals surface area (Å²) >= 11 is 0. The summed E-state index contributed by atoms with van der Waals surface area (Å²) in [6.07, 6.45) is 0.123. The largest absolute Gasteiger partial charge is 0.388 e. The number of methoxy groups -OCH3 is 1. The molecule has 1 saturated carbocycles. The lowest BCUT2D eigenvalue weighted by molar-refractivity contribution is -0.173. The standard InChI is InChI=1S/C19H20N2O7S2/c1-28-12-4-11(24)8-6-19-16(26)20-13-7(9(22)2-3-10(13)23)5-18(20,29-30-19)17(27)21(19)14(8)15(12)25/h2-3,7-8,10,12-15,23,25H,4-6H2,1H3/t7?,8?,10-,12-,13?,14?,15-,18?,19?/m0/s1. The molecule has 0 aromatic carbocycles. The molecular formula is C19H20N2O7S2. The molecule has 160 valence electrons. The van der Waals surface area contributed by atoms with Crippen molar-refractivity contribution >= 4 is 45.0 Å². The monoisotopic (exact) mass is 452 g/mol. The van der Waals surface area contributed by atoms with Gasteiger partial charge in [-0.3, -0.25) is 19.2 Å². The first kappa shape index (κ1) is 19.3. The normalized spacial score (nSPS) is 51.2. The van der Waals surface area contributed by atoms with E-state index in [1.165, 1.54) is 50.6 Å². The lowest BCUT2D eigenvalue weighted by Crippen LogP contribution is -2.77. The number of rotatable bonds is 1. The van der Waals surface area contributed by atoms with Gasteiger partial charge in [0, 0.05) is 38.2 Å². The van der Waals surface area contributed by atoms with Crippen LogP contribution in [-0.4, -0.2) is 90.6 Å². The third-order valence-corrected chi connectivity index (χ3v) is 11.3. The molecule has 5 aliphatic heterocycles. The lowest BCUT2D eigenvalue weighted by Gasteiger charge is -2.59. The van der Waals surface area contributed by atoms with E-state index in [4.69, 9.17) is 4.74 Å². The molecule has 0 aromatic heterocycles. The first-order valence-electron chi connectivity index (χ1n) is 9.95. The summed E-state index contributed by atoms with van der Waals surface area (Å²) < 4.78 is 5.29. The van der Waals surface area contributed by atoms with Gasteiger partial charge in [0.15, 0.2) is 15.5 Å².